The first-order chi connectivity index (χ1) is 9.42. The molecule has 6 heteroatoms. The third-order valence-electron chi connectivity index (χ3n) is 3.89. The lowest BCUT2D eigenvalue weighted by Crippen LogP contribution is -2.59. The van der Waals surface area contributed by atoms with Crippen molar-refractivity contribution in [1.82, 2.24) is 20.0 Å². The molecule has 1 saturated heterocycles. The van der Waals surface area contributed by atoms with E-state index in [2.05, 4.69) is 10.4 Å². The van der Waals surface area contributed by atoms with Gasteiger partial charge in [-0.3, -0.25) is 14.3 Å². The zero-order chi connectivity index (χ0) is 14.9. The van der Waals surface area contributed by atoms with Crippen LogP contribution in [0.5, 0.6) is 0 Å². The summed E-state index contributed by atoms with van der Waals surface area (Å²) in [5.41, 5.74) is 1.85. The Bertz CT molecular complexity index is 523. The number of amides is 2. The molecule has 1 aliphatic rings. The highest BCUT2D eigenvalue weighted by molar-refractivity contribution is 5.94. The van der Waals surface area contributed by atoms with Crippen molar-refractivity contribution in [2.24, 2.45) is 13.0 Å². The minimum absolute atomic E-state index is 0.00203. The maximum absolute atomic E-state index is 12.5. The molecule has 1 aromatic rings. The Morgan fingerprint density at radius 1 is 1.50 bits per heavy atom. The van der Waals surface area contributed by atoms with Crippen molar-refractivity contribution in [2.45, 2.75) is 39.8 Å². The largest absolute Gasteiger partial charge is 0.342 e. The lowest BCUT2D eigenvalue weighted by Gasteiger charge is -2.35. The zero-order valence-corrected chi connectivity index (χ0v) is 12.5. The highest BCUT2D eigenvalue weighted by Gasteiger charge is 2.35. The van der Waals surface area contributed by atoms with Crippen molar-refractivity contribution in [3.8, 4) is 0 Å². The van der Waals surface area contributed by atoms with Crippen LogP contribution < -0.4 is 5.32 Å². The van der Waals surface area contributed by atoms with Crippen LogP contribution in [0.1, 0.15) is 31.7 Å². The molecule has 1 fully saturated rings. The zero-order valence-electron chi connectivity index (χ0n) is 12.5. The number of carbonyl (C=O) groups excluding carboxylic acids is 2. The number of nitrogens with one attached hydrogen (secondary N) is 1. The second-order valence-corrected chi connectivity index (χ2v) is 5.53. The number of carbonyl (C=O) groups is 2. The second kappa shape index (κ2) is 5.64. The van der Waals surface area contributed by atoms with E-state index in [9.17, 15) is 9.59 Å². The van der Waals surface area contributed by atoms with E-state index in [0.717, 1.165) is 17.8 Å². The molecule has 2 rings (SSSR count). The molecule has 1 aliphatic heterocycles. The van der Waals surface area contributed by atoms with Crippen molar-refractivity contribution in [2.75, 3.05) is 6.54 Å². The lowest BCUT2D eigenvalue weighted by atomic mass is 9.96. The first kappa shape index (κ1) is 14.6. The molecule has 1 N–H and O–H groups in total. The third kappa shape index (κ3) is 2.84. The fraction of sp³-hybridized carbons (Fsp3) is 0.643. The van der Waals surface area contributed by atoms with E-state index >= 15 is 0 Å². The minimum Gasteiger partial charge on any atom is -0.342 e. The molecule has 0 aromatic carbocycles. The van der Waals surface area contributed by atoms with Crippen molar-refractivity contribution in [1.29, 1.82) is 0 Å². The van der Waals surface area contributed by atoms with Crippen LogP contribution in [0.4, 0.5) is 0 Å². The van der Waals surface area contributed by atoms with Crippen molar-refractivity contribution < 1.29 is 9.59 Å². The normalized spacial score (nSPS) is 21.0. The van der Waals surface area contributed by atoms with E-state index in [1.165, 1.54) is 0 Å². The quantitative estimate of drug-likeness (QED) is 0.877. The van der Waals surface area contributed by atoms with Crippen LogP contribution in [0.25, 0.3) is 0 Å². The summed E-state index contributed by atoms with van der Waals surface area (Å²) >= 11 is 0. The molecule has 0 radical (unpaired) electrons. The smallest absolute Gasteiger partial charge is 0.246 e. The van der Waals surface area contributed by atoms with Gasteiger partial charge in [-0.15, -0.1) is 0 Å². The Morgan fingerprint density at radius 3 is 2.75 bits per heavy atom. The predicted molar refractivity (Wildman–Crippen MR) is 74.7 cm³/mol. The molecular formula is C14H22N4O2. The number of nitrogens with zero attached hydrogens (tertiary/aromatic N) is 3. The maximum Gasteiger partial charge on any atom is 0.246 e. The van der Waals surface area contributed by atoms with Gasteiger partial charge in [-0.2, -0.15) is 5.10 Å². The number of hydrogen-bond donors (Lipinski definition) is 1. The van der Waals surface area contributed by atoms with E-state index in [0.29, 0.717) is 6.54 Å². The van der Waals surface area contributed by atoms with E-state index < -0.39 is 6.04 Å². The molecule has 2 heterocycles. The molecule has 6 nitrogen and oxygen atoms in total. The van der Waals surface area contributed by atoms with Crippen molar-refractivity contribution >= 4 is 11.8 Å². The standard InChI is InChI=1S/C14H22N4O2/c1-5-9(2)13-14(20)18(8-12(19)15-13)7-11-6-10(3)16-17(11)4/h6,9,13H,5,7-8H2,1-4H3,(H,15,19). The Balaban J connectivity index is 2.16. The summed E-state index contributed by atoms with van der Waals surface area (Å²) in [4.78, 5) is 25.9. The first-order valence-corrected chi connectivity index (χ1v) is 7.00. The summed E-state index contributed by atoms with van der Waals surface area (Å²) in [6, 6.07) is 1.54. The summed E-state index contributed by atoms with van der Waals surface area (Å²) in [7, 11) is 1.85. The van der Waals surface area contributed by atoms with Gasteiger partial charge in [0.15, 0.2) is 0 Å². The van der Waals surface area contributed by atoms with Crippen LogP contribution in [-0.2, 0) is 23.2 Å². The topological polar surface area (TPSA) is 67.2 Å². The van der Waals surface area contributed by atoms with Crippen LogP contribution in [0, 0.1) is 12.8 Å². The first-order valence-electron chi connectivity index (χ1n) is 7.00. The van der Waals surface area contributed by atoms with Gasteiger partial charge in [0.25, 0.3) is 0 Å². The summed E-state index contributed by atoms with van der Waals surface area (Å²) in [6.45, 7) is 6.47. The number of hydrogen-bond acceptors (Lipinski definition) is 3. The molecule has 2 amide bonds. The Labute approximate surface area is 119 Å². The molecule has 2 atom stereocenters. The van der Waals surface area contributed by atoms with Gasteiger partial charge in [0.2, 0.25) is 11.8 Å². The van der Waals surface area contributed by atoms with Gasteiger partial charge in [-0.1, -0.05) is 20.3 Å². The molecule has 2 unspecified atom stereocenters. The lowest BCUT2D eigenvalue weighted by molar-refractivity contribution is -0.146. The number of aromatic nitrogens is 2. The monoisotopic (exact) mass is 278 g/mol. The molecule has 0 bridgehead atoms. The second-order valence-electron chi connectivity index (χ2n) is 5.53. The highest BCUT2D eigenvalue weighted by Crippen LogP contribution is 2.16. The number of aryl methyl sites for hydroxylation is 2. The van der Waals surface area contributed by atoms with Crippen molar-refractivity contribution in [3.63, 3.8) is 0 Å². The van der Waals surface area contributed by atoms with Gasteiger partial charge >= 0.3 is 0 Å². The summed E-state index contributed by atoms with van der Waals surface area (Å²) in [5.74, 6) is 0.0501. The molecule has 1 aromatic heterocycles. The van der Waals surface area contributed by atoms with E-state index in [-0.39, 0.29) is 24.3 Å². The van der Waals surface area contributed by atoms with Gasteiger partial charge in [-0.05, 0) is 18.9 Å². The van der Waals surface area contributed by atoms with Crippen LogP contribution in [-0.4, -0.2) is 39.1 Å². The van der Waals surface area contributed by atoms with Gasteiger partial charge in [0.1, 0.15) is 12.6 Å². The molecule has 0 spiro atoms. The van der Waals surface area contributed by atoms with E-state index in [1.54, 1.807) is 9.58 Å². The summed E-state index contributed by atoms with van der Waals surface area (Å²) < 4.78 is 1.76. The van der Waals surface area contributed by atoms with Crippen LogP contribution in [0.15, 0.2) is 6.07 Å². The van der Waals surface area contributed by atoms with Crippen LogP contribution in [0.2, 0.25) is 0 Å². The predicted octanol–water partition coefficient (Wildman–Crippen LogP) is 0.602. The van der Waals surface area contributed by atoms with Crippen LogP contribution in [0.3, 0.4) is 0 Å². The minimum atomic E-state index is -0.407. The average molecular weight is 278 g/mol. The molecule has 110 valence electrons. The van der Waals surface area contributed by atoms with Crippen molar-refractivity contribution in [3.05, 3.63) is 17.5 Å². The Kier molecular flexibility index (Phi) is 4.11. The van der Waals surface area contributed by atoms with Gasteiger partial charge in [0, 0.05) is 7.05 Å². The molecule has 0 aliphatic carbocycles. The van der Waals surface area contributed by atoms with Gasteiger partial charge in [0.05, 0.1) is 17.9 Å². The maximum atomic E-state index is 12.5. The molecular weight excluding hydrogens is 256 g/mol. The fourth-order valence-electron chi connectivity index (χ4n) is 2.49. The Hall–Kier alpha value is -1.85. The molecule has 0 saturated carbocycles. The van der Waals surface area contributed by atoms with Gasteiger partial charge in [-0.25, -0.2) is 0 Å². The van der Waals surface area contributed by atoms with Crippen LogP contribution >= 0.6 is 0 Å². The molecule has 20 heavy (non-hydrogen) atoms. The summed E-state index contributed by atoms with van der Waals surface area (Å²) in [6.07, 6.45) is 0.856. The third-order valence-corrected chi connectivity index (χ3v) is 3.89. The SMILES string of the molecule is CCC(C)C1NC(=O)CN(Cc2cc(C)nn2C)C1=O. The number of rotatable bonds is 4. The van der Waals surface area contributed by atoms with E-state index in [1.807, 2.05) is 33.9 Å². The number of piperazine rings is 1. The van der Waals surface area contributed by atoms with E-state index in [4.69, 9.17) is 0 Å². The summed E-state index contributed by atoms with van der Waals surface area (Å²) in [5, 5.41) is 7.07. The Morgan fingerprint density at radius 2 is 2.20 bits per heavy atom. The van der Waals surface area contributed by atoms with Gasteiger partial charge < -0.3 is 10.2 Å². The average Bonchev–Trinajstić information content (AvgIpc) is 2.71. The fourth-order valence-corrected chi connectivity index (χ4v) is 2.49. The highest BCUT2D eigenvalue weighted by atomic mass is 16.2.